The first kappa shape index (κ1) is 25.0. The number of nitrogens with zero attached hydrogens (tertiary/aromatic N) is 1. The fraction of sp³-hybridized carbons (Fsp3) is 0.379. The first-order valence-electron chi connectivity index (χ1n) is 12.6. The summed E-state index contributed by atoms with van der Waals surface area (Å²) in [6, 6.07) is 15.5. The number of aryl methyl sites for hydroxylation is 1. The van der Waals surface area contributed by atoms with Crippen LogP contribution in [0.3, 0.4) is 0 Å². The highest BCUT2D eigenvalue weighted by molar-refractivity contribution is 7.16. The molecule has 4 rings (SSSR count). The molecule has 3 aromatic rings. The highest BCUT2D eigenvalue weighted by Gasteiger charge is 2.24. The second-order valence-corrected chi connectivity index (χ2v) is 9.75. The van der Waals surface area contributed by atoms with Gasteiger partial charge in [-0.25, -0.2) is 4.99 Å². The zero-order valence-electron chi connectivity index (χ0n) is 20.6. The molecule has 0 atom stereocenters. The molecular formula is C29H34N2O3S. The van der Waals surface area contributed by atoms with E-state index < -0.39 is 0 Å². The Kier molecular flexibility index (Phi) is 8.96. The van der Waals surface area contributed by atoms with E-state index in [1.165, 1.54) is 23.3 Å². The highest BCUT2D eigenvalue weighted by Crippen LogP contribution is 2.39. The zero-order chi connectivity index (χ0) is 24.5. The second kappa shape index (κ2) is 12.5. The third-order valence-electron chi connectivity index (χ3n) is 5.97. The number of nitrogens with one attached hydrogen (secondary N) is 1. The predicted octanol–water partition coefficient (Wildman–Crippen LogP) is 7.60. The van der Waals surface area contributed by atoms with E-state index in [0.29, 0.717) is 19.0 Å². The molecule has 0 saturated carbocycles. The van der Waals surface area contributed by atoms with Gasteiger partial charge in [-0.3, -0.25) is 4.79 Å². The minimum absolute atomic E-state index is 0.0836. The normalized spacial score (nSPS) is 13.7. The Morgan fingerprint density at radius 3 is 2.57 bits per heavy atom. The quantitative estimate of drug-likeness (QED) is 0.314. The van der Waals surface area contributed by atoms with Gasteiger partial charge in [0, 0.05) is 16.8 Å². The number of carbonyl (C=O) groups excluding carboxylic acids is 1. The molecule has 0 bridgehead atoms. The van der Waals surface area contributed by atoms with Crippen molar-refractivity contribution in [2.24, 2.45) is 4.99 Å². The Morgan fingerprint density at radius 2 is 1.80 bits per heavy atom. The number of aliphatic imine (C=N–C) groups is 1. The molecule has 0 aliphatic heterocycles. The molecule has 1 aromatic heterocycles. The Bertz CT molecular complexity index is 1150. The maximum atomic E-state index is 13.4. The van der Waals surface area contributed by atoms with Crippen molar-refractivity contribution in [2.45, 2.75) is 58.8 Å². The van der Waals surface area contributed by atoms with Crippen LogP contribution >= 0.6 is 11.3 Å². The maximum absolute atomic E-state index is 13.4. The first-order chi connectivity index (χ1) is 17.2. The van der Waals surface area contributed by atoms with Gasteiger partial charge in [0.05, 0.1) is 18.8 Å². The van der Waals surface area contributed by atoms with Crippen molar-refractivity contribution in [1.82, 2.24) is 0 Å². The van der Waals surface area contributed by atoms with Crippen LogP contribution < -0.4 is 14.8 Å². The van der Waals surface area contributed by atoms with Crippen LogP contribution in [0, 0.1) is 0 Å². The Hall–Kier alpha value is -3.12. The lowest BCUT2D eigenvalue weighted by molar-refractivity contribution is 0.102. The number of ether oxygens (including phenoxy) is 2. The summed E-state index contributed by atoms with van der Waals surface area (Å²) >= 11 is 1.66. The number of hydrogen-bond acceptors (Lipinski definition) is 5. The molecular weight excluding hydrogens is 456 g/mol. The summed E-state index contributed by atoms with van der Waals surface area (Å²) in [5, 5.41) is 3.85. The maximum Gasteiger partial charge on any atom is 0.259 e. The number of benzene rings is 2. The van der Waals surface area contributed by atoms with Crippen molar-refractivity contribution in [3.8, 4) is 11.5 Å². The summed E-state index contributed by atoms with van der Waals surface area (Å²) in [5.74, 6) is 1.37. The van der Waals surface area contributed by atoms with Crippen LogP contribution in [0.4, 0.5) is 10.7 Å². The second-order valence-electron chi connectivity index (χ2n) is 8.66. The Balaban J connectivity index is 1.66. The van der Waals surface area contributed by atoms with Crippen LogP contribution in [0.5, 0.6) is 11.5 Å². The van der Waals surface area contributed by atoms with Crippen LogP contribution in [0.25, 0.3) is 0 Å². The Labute approximate surface area is 212 Å². The fourth-order valence-corrected chi connectivity index (χ4v) is 5.51. The molecule has 1 aliphatic rings. The van der Waals surface area contributed by atoms with E-state index in [9.17, 15) is 4.79 Å². The summed E-state index contributed by atoms with van der Waals surface area (Å²) in [6.45, 7) is 5.25. The number of carbonyl (C=O) groups is 1. The molecule has 1 heterocycles. The number of fused-ring (bicyclic) bond motifs is 1. The van der Waals surface area contributed by atoms with E-state index in [2.05, 4.69) is 12.2 Å². The van der Waals surface area contributed by atoms with Gasteiger partial charge in [0.2, 0.25) is 0 Å². The molecule has 0 saturated heterocycles. The number of rotatable bonds is 9. The summed E-state index contributed by atoms with van der Waals surface area (Å²) in [7, 11) is 0. The van der Waals surface area contributed by atoms with Gasteiger partial charge in [0.15, 0.2) is 11.5 Å². The fourth-order valence-electron chi connectivity index (χ4n) is 4.28. The summed E-state index contributed by atoms with van der Waals surface area (Å²) < 4.78 is 11.6. The van der Waals surface area contributed by atoms with Gasteiger partial charge >= 0.3 is 0 Å². The molecule has 0 radical (unpaired) electrons. The molecule has 0 spiro atoms. The molecule has 1 N–H and O–H groups in total. The minimum atomic E-state index is -0.0836. The summed E-state index contributed by atoms with van der Waals surface area (Å²) in [5.41, 5.74) is 3.60. The van der Waals surface area contributed by atoms with E-state index in [1.54, 1.807) is 11.3 Å². The monoisotopic (exact) mass is 490 g/mol. The van der Waals surface area contributed by atoms with E-state index in [0.717, 1.165) is 59.7 Å². The molecule has 0 fully saturated rings. The standard InChI is InChI=1S/C29H34N2O3S/c1-3-18-34-24-17-16-21(19-25(24)33-4-2)20-30-29-27(28(32)31-22-12-8-7-9-13-22)23-14-10-5-6-11-15-26(23)35-29/h7-9,12-13,16-17,19-20H,3-6,10-11,14-15,18H2,1-2H3,(H,31,32). The van der Waals surface area contributed by atoms with Crippen LogP contribution in [0.1, 0.15) is 72.3 Å². The molecule has 0 unspecified atom stereocenters. The lowest BCUT2D eigenvalue weighted by Crippen LogP contribution is -2.14. The van der Waals surface area contributed by atoms with Gasteiger partial charge in [-0.15, -0.1) is 11.3 Å². The lowest BCUT2D eigenvalue weighted by Gasteiger charge is -2.12. The van der Waals surface area contributed by atoms with E-state index in [-0.39, 0.29) is 5.91 Å². The van der Waals surface area contributed by atoms with Crippen molar-refractivity contribution in [2.75, 3.05) is 18.5 Å². The van der Waals surface area contributed by atoms with Crippen molar-refractivity contribution < 1.29 is 14.3 Å². The third-order valence-corrected chi connectivity index (χ3v) is 7.17. The smallest absolute Gasteiger partial charge is 0.259 e. The first-order valence-corrected chi connectivity index (χ1v) is 13.5. The molecule has 5 nitrogen and oxygen atoms in total. The molecule has 1 amide bonds. The van der Waals surface area contributed by atoms with E-state index in [4.69, 9.17) is 14.5 Å². The zero-order valence-corrected chi connectivity index (χ0v) is 21.5. The minimum Gasteiger partial charge on any atom is -0.490 e. The topological polar surface area (TPSA) is 59.9 Å². The number of para-hydroxylation sites is 1. The van der Waals surface area contributed by atoms with Gasteiger partial charge in [-0.1, -0.05) is 38.0 Å². The summed E-state index contributed by atoms with van der Waals surface area (Å²) in [4.78, 5) is 19.6. The number of thiophene rings is 1. The van der Waals surface area contributed by atoms with Crippen LogP contribution in [-0.2, 0) is 12.8 Å². The van der Waals surface area contributed by atoms with Crippen molar-refractivity contribution in [1.29, 1.82) is 0 Å². The van der Waals surface area contributed by atoms with E-state index >= 15 is 0 Å². The van der Waals surface area contributed by atoms with Gasteiger partial charge in [-0.2, -0.15) is 0 Å². The number of hydrogen-bond donors (Lipinski definition) is 1. The highest BCUT2D eigenvalue weighted by atomic mass is 32.1. The van der Waals surface area contributed by atoms with Gasteiger partial charge < -0.3 is 14.8 Å². The molecule has 35 heavy (non-hydrogen) atoms. The molecule has 184 valence electrons. The van der Waals surface area contributed by atoms with Crippen LogP contribution in [0.2, 0.25) is 0 Å². The largest absolute Gasteiger partial charge is 0.490 e. The number of anilines is 1. The van der Waals surface area contributed by atoms with Gasteiger partial charge in [-0.05, 0) is 80.5 Å². The lowest BCUT2D eigenvalue weighted by atomic mass is 9.96. The average molecular weight is 491 g/mol. The van der Waals surface area contributed by atoms with Gasteiger partial charge in [0.1, 0.15) is 5.00 Å². The molecule has 1 aliphatic carbocycles. The average Bonchev–Trinajstić information content (AvgIpc) is 3.19. The predicted molar refractivity (Wildman–Crippen MR) is 145 cm³/mol. The van der Waals surface area contributed by atoms with Gasteiger partial charge in [0.25, 0.3) is 5.91 Å². The Morgan fingerprint density at radius 1 is 1.00 bits per heavy atom. The SMILES string of the molecule is CCCOc1ccc(C=Nc2sc3c(c2C(=O)Nc2ccccc2)CCCCCC3)cc1OCC. The van der Waals surface area contributed by atoms with Crippen molar-refractivity contribution in [3.63, 3.8) is 0 Å². The van der Waals surface area contributed by atoms with Crippen LogP contribution in [0.15, 0.2) is 53.5 Å². The van der Waals surface area contributed by atoms with Crippen molar-refractivity contribution in [3.05, 3.63) is 70.1 Å². The third kappa shape index (κ3) is 6.51. The van der Waals surface area contributed by atoms with Crippen molar-refractivity contribution >= 4 is 34.1 Å². The molecule has 6 heteroatoms. The number of amides is 1. The van der Waals surface area contributed by atoms with Crippen LogP contribution in [-0.4, -0.2) is 25.3 Å². The summed E-state index contributed by atoms with van der Waals surface area (Å²) in [6.07, 6.45) is 9.42. The molecule has 2 aromatic carbocycles. The van der Waals surface area contributed by atoms with E-state index in [1.807, 2.05) is 61.7 Å².